The molecule has 0 bridgehead atoms. The summed E-state index contributed by atoms with van der Waals surface area (Å²) in [4.78, 5) is 35.2. The number of hydrogen-bond donors (Lipinski definition) is 2. The highest BCUT2D eigenvalue weighted by Crippen LogP contribution is 2.13. The molecule has 0 aliphatic heterocycles. The standard InChI is InChI=1S/C17H23FN2O5/c1-17(2,3)25-16(23)20-13(15(22)24-5)9-10-6-7-11(12(18)8-10)14(21)19-4/h6-8,13H,9H2,1-5H3,(H,19,21)(H,20,23). The van der Waals surface area contributed by atoms with E-state index in [4.69, 9.17) is 4.74 Å². The lowest BCUT2D eigenvalue weighted by Gasteiger charge is -2.22. The first kappa shape index (κ1) is 20.4. The molecule has 1 rings (SSSR count). The van der Waals surface area contributed by atoms with Crippen LogP contribution in [0, 0.1) is 5.82 Å². The average molecular weight is 354 g/mol. The lowest BCUT2D eigenvalue weighted by atomic mass is 10.0. The third-order valence-electron chi connectivity index (χ3n) is 3.12. The Kier molecular flexibility index (Phi) is 6.90. The van der Waals surface area contributed by atoms with Crippen LogP contribution in [0.5, 0.6) is 0 Å². The lowest BCUT2D eigenvalue weighted by Crippen LogP contribution is -2.45. The highest BCUT2D eigenvalue weighted by atomic mass is 19.1. The molecule has 0 aromatic heterocycles. The van der Waals surface area contributed by atoms with E-state index in [1.54, 1.807) is 20.8 Å². The van der Waals surface area contributed by atoms with Gasteiger partial charge in [-0.05, 0) is 38.5 Å². The molecule has 8 heteroatoms. The maximum absolute atomic E-state index is 14.0. The summed E-state index contributed by atoms with van der Waals surface area (Å²) in [7, 11) is 2.58. The molecule has 1 aromatic rings. The van der Waals surface area contributed by atoms with Gasteiger partial charge in [-0.15, -0.1) is 0 Å². The fourth-order valence-corrected chi connectivity index (χ4v) is 2.03. The number of rotatable bonds is 5. The number of benzene rings is 1. The number of carbonyl (C=O) groups is 3. The number of esters is 1. The first-order valence-corrected chi connectivity index (χ1v) is 7.65. The first-order valence-electron chi connectivity index (χ1n) is 7.65. The topological polar surface area (TPSA) is 93.7 Å². The SMILES string of the molecule is CNC(=O)c1ccc(CC(NC(=O)OC(C)(C)C)C(=O)OC)cc1F. The third kappa shape index (κ3) is 6.40. The van der Waals surface area contributed by atoms with Gasteiger partial charge >= 0.3 is 12.1 Å². The van der Waals surface area contributed by atoms with E-state index in [-0.39, 0.29) is 12.0 Å². The number of ether oxygens (including phenoxy) is 2. The molecule has 0 aliphatic carbocycles. The van der Waals surface area contributed by atoms with E-state index in [0.717, 1.165) is 6.07 Å². The van der Waals surface area contributed by atoms with Gasteiger partial charge in [-0.1, -0.05) is 6.07 Å². The van der Waals surface area contributed by atoms with Crippen molar-refractivity contribution in [2.75, 3.05) is 14.2 Å². The van der Waals surface area contributed by atoms with Gasteiger partial charge in [-0.2, -0.15) is 0 Å². The Balaban J connectivity index is 2.92. The minimum atomic E-state index is -1.05. The normalized spacial score (nSPS) is 12.1. The molecule has 0 aliphatic rings. The van der Waals surface area contributed by atoms with Crippen LogP contribution >= 0.6 is 0 Å². The Labute approximate surface area is 145 Å². The van der Waals surface area contributed by atoms with Gasteiger partial charge in [0.2, 0.25) is 0 Å². The number of methoxy groups -OCH3 is 1. The van der Waals surface area contributed by atoms with Crippen LogP contribution in [-0.4, -0.2) is 43.8 Å². The number of alkyl carbamates (subject to hydrolysis) is 1. The van der Waals surface area contributed by atoms with Crippen LogP contribution in [0.1, 0.15) is 36.7 Å². The second kappa shape index (κ2) is 8.46. The molecule has 2 amide bonds. The van der Waals surface area contributed by atoms with Gasteiger partial charge in [0.1, 0.15) is 17.5 Å². The number of nitrogens with one attached hydrogen (secondary N) is 2. The number of hydrogen-bond acceptors (Lipinski definition) is 5. The zero-order valence-electron chi connectivity index (χ0n) is 14.9. The predicted molar refractivity (Wildman–Crippen MR) is 88.7 cm³/mol. The highest BCUT2D eigenvalue weighted by molar-refractivity contribution is 5.94. The zero-order chi connectivity index (χ0) is 19.2. The minimum Gasteiger partial charge on any atom is -0.467 e. The number of carbonyl (C=O) groups excluding carboxylic acids is 3. The Hall–Kier alpha value is -2.64. The van der Waals surface area contributed by atoms with Crippen molar-refractivity contribution < 1.29 is 28.2 Å². The van der Waals surface area contributed by atoms with Crippen molar-refractivity contribution in [3.63, 3.8) is 0 Å². The molecule has 2 N–H and O–H groups in total. The van der Waals surface area contributed by atoms with Crippen molar-refractivity contribution in [2.45, 2.75) is 38.8 Å². The second-order valence-electron chi connectivity index (χ2n) is 6.32. The van der Waals surface area contributed by atoms with E-state index in [2.05, 4.69) is 15.4 Å². The fraction of sp³-hybridized carbons (Fsp3) is 0.471. The van der Waals surface area contributed by atoms with Crippen molar-refractivity contribution in [2.24, 2.45) is 0 Å². The molecule has 0 saturated carbocycles. The van der Waals surface area contributed by atoms with E-state index < -0.39 is 35.4 Å². The van der Waals surface area contributed by atoms with Crippen LogP contribution < -0.4 is 10.6 Å². The molecule has 0 fully saturated rings. The van der Waals surface area contributed by atoms with Gasteiger partial charge in [0, 0.05) is 13.5 Å². The molecule has 0 spiro atoms. The average Bonchev–Trinajstić information content (AvgIpc) is 2.51. The molecule has 0 saturated heterocycles. The van der Waals surface area contributed by atoms with Crippen LogP contribution in [0.3, 0.4) is 0 Å². The summed E-state index contributed by atoms with van der Waals surface area (Å²) in [6.45, 7) is 5.06. The van der Waals surface area contributed by atoms with E-state index in [1.807, 2.05) is 0 Å². The van der Waals surface area contributed by atoms with Crippen LogP contribution in [0.15, 0.2) is 18.2 Å². The maximum atomic E-state index is 14.0. The molecule has 1 atom stereocenters. The largest absolute Gasteiger partial charge is 0.467 e. The molecule has 1 aromatic carbocycles. The molecule has 25 heavy (non-hydrogen) atoms. The van der Waals surface area contributed by atoms with Crippen LogP contribution in [0.4, 0.5) is 9.18 Å². The molecule has 138 valence electrons. The van der Waals surface area contributed by atoms with Crippen LogP contribution in [0.2, 0.25) is 0 Å². The van der Waals surface area contributed by atoms with Gasteiger partial charge in [0.15, 0.2) is 0 Å². The van der Waals surface area contributed by atoms with Crippen molar-refractivity contribution in [3.8, 4) is 0 Å². The van der Waals surface area contributed by atoms with E-state index in [0.29, 0.717) is 5.56 Å². The summed E-state index contributed by atoms with van der Waals surface area (Å²) in [6.07, 6.45) is -0.804. The molecule has 0 heterocycles. The van der Waals surface area contributed by atoms with Crippen LogP contribution in [-0.2, 0) is 20.7 Å². The van der Waals surface area contributed by atoms with E-state index >= 15 is 0 Å². The monoisotopic (exact) mass is 354 g/mol. The number of halogens is 1. The molecular formula is C17H23FN2O5. The Bertz CT molecular complexity index is 655. The summed E-state index contributed by atoms with van der Waals surface area (Å²) >= 11 is 0. The van der Waals surface area contributed by atoms with Crippen molar-refractivity contribution in [3.05, 3.63) is 35.1 Å². The van der Waals surface area contributed by atoms with Gasteiger partial charge < -0.3 is 20.1 Å². The Morgan fingerprint density at radius 2 is 1.88 bits per heavy atom. The lowest BCUT2D eigenvalue weighted by molar-refractivity contribution is -0.143. The molecular weight excluding hydrogens is 331 g/mol. The van der Waals surface area contributed by atoms with Crippen LogP contribution in [0.25, 0.3) is 0 Å². The second-order valence-corrected chi connectivity index (χ2v) is 6.32. The van der Waals surface area contributed by atoms with Gasteiger partial charge in [0.25, 0.3) is 5.91 Å². The molecule has 0 radical (unpaired) electrons. The maximum Gasteiger partial charge on any atom is 0.408 e. The minimum absolute atomic E-state index is 0.0170. The zero-order valence-corrected chi connectivity index (χ0v) is 14.9. The summed E-state index contributed by atoms with van der Waals surface area (Å²) in [5.41, 5.74) is -0.427. The van der Waals surface area contributed by atoms with E-state index in [9.17, 15) is 18.8 Å². The van der Waals surface area contributed by atoms with Gasteiger partial charge in [-0.25, -0.2) is 14.0 Å². The van der Waals surface area contributed by atoms with Gasteiger partial charge in [0.05, 0.1) is 12.7 Å². The van der Waals surface area contributed by atoms with Crippen molar-refractivity contribution >= 4 is 18.0 Å². The Morgan fingerprint density at radius 1 is 1.24 bits per heavy atom. The van der Waals surface area contributed by atoms with Crippen molar-refractivity contribution in [1.29, 1.82) is 0 Å². The van der Waals surface area contributed by atoms with Crippen molar-refractivity contribution in [1.82, 2.24) is 10.6 Å². The molecule has 1 unspecified atom stereocenters. The third-order valence-corrected chi connectivity index (χ3v) is 3.12. The quantitative estimate of drug-likeness (QED) is 0.787. The molecule has 7 nitrogen and oxygen atoms in total. The summed E-state index contributed by atoms with van der Waals surface area (Å²) < 4.78 is 23.8. The smallest absolute Gasteiger partial charge is 0.408 e. The highest BCUT2D eigenvalue weighted by Gasteiger charge is 2.25. The summed E-state index contributed by atoms with van der Waals surface area (Å²) in [5, 5.41) is 4.73. The predicted octanol–water partition coefficient (Wildman–Crippen LogP) is 1.79. The Morgan fingerprint density at radius 3 is 2.36 bits per heavy atom. The summed E-state index contributed by atoms with van der Waals surface area (Å²) in [5.74, 6) is -1.97. The number of amides is 2. The summed E-state index contributed by atoms with van der Waals surface area (Å²) in [6, 6.07) is 2.90. The fourth-order valence-electron chi connectivity index (χ4n) is 2.03. The van der Waals surface area contributed by atoms with Gasteiger partial charge in [-0.3, -0.25) is 4.79 Å². The van der Waals surface area contributed by atoms with E-state index in [1.165, 1.54) is 26.3 Å². The first-order chi connectivity index (χ1) is 11.6.